The number of benzene rings is 1. The number of anilines is 1. The molecule has 1 unspecified atom stereocenters. The molecule has 1 heterocycles. The molecule has 0 radical (unpaired) electrons. The zero-order valence-electron chi connectivity index (χ0n) is 12.3. The van der Waals surface area contributed by atoms with Crippen molar-refractivity contribution in [3.05, 3.63) is 52.2 Å². The first-order chi connectivity index (χ1) is 10.5. The van der Waals surface area contributed by atoms with Crippen molar-refractivity contribution in [1.29, 1.82) is 0 Å². The molecule has 1 aromatic carbocycles. The van der Waals surface area contributed by atoms with Gasteiger partial charge in [-0.3, -0.25) is 0 Å². The Morgan fingerprint density at radius 1 is 1.27 bits per heavy atom. The third-order valence-corrected chi connectivity index (χ3v) is 3.91. The van der Waals surface area contributed by atoms with Crippen LogP contribution in [0, 0.1) is 11.6 Å². The summed E-state index contributed by atoms with van der Waals surface area (Å²) >= 11 is 1.57. The van der Waals surface area contributed by atoms with E-state index in [1.807, 2.05) is 35.8 Å². The highest BCUT2D eigenvalue weighted by molar-refractivity contribution is 7.07. The molecular weight excluding hydrogens is 308 g/mol. The first kappa shape index (κ1) is 16.4. The van der Waals surface area contributed by atoms with Crippen molar-refractivity contribution >= 4 is 23.1 Å². The van der Waals surface area contributed by atoms with Crippen molar-refractivity contribution < 1.29 is 13.6 Å². The fraction of sp³-hybridized carbons (Fsp3) is 0.267. The van der Waals surface area contributed by atoms with Crippen LogP contribution < -0.4 is 10.6 Å². The molecule has 0 bridgehead atoms. The molecule has 2 aromatic rings. The molecular formula is C15H17F2N3OS. The van der Waals surface area contributed by atoms with Gasteiger partial charge in [-0.05, 0) is 48.6 Å². The van der Waals surface area contributed by atoms with Gasteiger partial charge in [0.2, 0.25) is 0 Å². The molecule has 2 N–H and O–H groups in total. The van der Waals surface area contributed by atoms with Crippen molar-refractivity contribution in [2.75, 3.05) is 26.0 Å². The van der Waals surface area contributed by atoms with Crippen LogP contribution in [0.25, 0.3) is 0 Å². The van der Waals surface area contributed by atoms with Crippen molar-refractivity contribution in [3.63, 3.8) is 0 Å². The van der Waals surface area contributed by atoms with E-state index in [-0.39, 0.29) is 6.04 Å². The fourth-order valence-electron chi connectivity index (χ4n) is 2.03. The highest BCUT2D eigenvalue weighted by atomic mass is 32.1. The van der Waals surface area contributed by atoms with Crippen molar-refractivity contribution in [3.8, 4) is 0 Å². The number of nitrogens with zero attached hydrogens (tertiary/aromatic N) is 1. The second kappa shape index (κ2) is 7.33. The highest BCUT2D eigenvalue weighted by Gasteiger charge is 2.17. The van der Waals surface area contributed by atoms with Gasteiger partial charge >= 0.3 is 6.03 Å². The normalized spacial score (nSPS) is 12.2. The molecule has 118 valence electrons. The molecule has 0 aliphatic carbocycles. The van der Waals surface area contributed by atoms with Gasteiger partial charge in [0.1, 0.15) is 17.3 Å². The Labute approximate surface area is 131 Å². The van der Waals surface area contributed by atoms with Crippen molar-refractivity contribution in [1.82, 2.24) is 10.2 Å². The molecule has 1 atom stereocenters. The van der Waals surface area contributed by atoms with Gasteiger partial charge in [-0.2, -0.15) is 11.3 Å². The number of rotatable bonds is 5. The number of urea groups is 1. The Bertz CT molecular complexity index is 611. The van der Waals surface area contributed by atoms with Crippen molar-refractivity contribution in [2.45, 2.75) is 6.04 Å². The second-order valence-corrected chi connectivity index (χ2v) is 5.75. The number of thiophene rings is 1. The van der Waals surface area contributed by atoms with Gasteiger partial charge in [-0.25, -0.2) is 13.6 Å². The molecule has 0 aliphatic rings. The SMILES string of the molecule is CN(C)C(CNC(=O)Nc1c(F)cccc1F)c1ccsc1. The quantitative estimate of drug-likeness (QED) is 0.884. The van der Waals surface area contributed by atoms with Gasteiger partial charge in [0.15, 0.2) is 0 Å². The van der Waals surface area contributed by atoms with E-state index in [0.717, 1.165) is 17.7 Å². The number of para-hydroxylation sites is 1. The Balaban J connectivity index is 1.97. The van der Waals surface area contributed by atoms with E-state index < -0.39 is 23.4 Å². The third kappa shape index (κ3) is 4.02. The molecule has 7 heteroatoms. The summed E-state index contributed by atoms with van der Waals surface area (Å²) in [5, 5.41) is 8.80. The minimum Gasteiger partial charge on any atom is -0.336 e. The minimum atomic E-state index is -0.808. The second-order valence-electron chi connectivity index (χ2n) is 4.97. The van der Waals surface area contributed by atoms with Gasteiger partial charge in [0, 0.05) is 6.54 Å². The van der Waals surface area contributed by atoms with E-state index in [4.69, 9.17) is 0 Å². The standard InChI is InChI=1S/C15H17F2N3OS/c1-20(2)13(10-6-7-22-9-10)8-18-15(21)19-14-11(16)4-3-5-12(14)17/h3-7,9,13H,8H2,1-2H3,(H2,18,19,21). The van der Waals surface area contributed by atoms with E-state index in [1.165, 1.54) is 6.07 Å². The number of likely N-dealkylation sites (N-methyl/N-ethyl adjacent to an activating group) is 1. The molecule has 0 aliphatic heterocycles. The average Bonchev–Trinajstić information content (AvgIpc) is 2.97. The molecule has 22 heavy (non-hydrogen) atoms. The van der Waals surface area contributed by atoms with Crippen LogP contribution in [0.3, 0.4) is 0 Å². The Hall–Kier alpha value is -1.99. The lowest BCUT2D eigenvalue weighted by molar-refractivity contribution is 0.243. The maximum atomic E-state index is 13.5. The average molecular weight is 325 g/mol. The summed E-state index contributed by atoms with van der Waals surface area (Å²) in [5.74, 6) is -1.62. The molecule has 4 nitrogen and oxygen atoms in total. The summed E-state index contributed by atoms with van der Waals surface area (Å²) in [6.45, 7) is 0.325. The predicted molar refractivity (Wildman–Crippen MR) is 84.1 cm³/mol. The lowest BCUT2D eigenvalue weighted by Crippen LogP contribution is -2.37. The summed E-state index contributed by atoms with van der Waals surface area (Å²) in [6, 6.07) is 4.74. The van der Waals surface area contributed by atoms with E-state index in [2.05, 4.69) is 10.6 Å². The smallest absolute Gasteiger partial charge is 0.319 e. The molecule has 0 spiro atoms. The molecule has 1 aromatic heterocycles. The minimum absolute atomic E-state index is 0.0116. The largest absolute Gasteiger partial charge is 0.336 e. The topological polar surface area (TPSA) is 44.4 Å². The zero-order valence-corrected chi connectivity index (χ0v) is 13.1. The molecule has 2 amide bonds. The van der Waals surface area contributed by atoms with Gasteiger partial charge < -0.3 is 15.5 Å². The maximum absolute atomic E-state index is 13.5. The van der Waals surface area contributed by atoms with Crippen LogP contribution in [0.2, 0.25) is 0 Å². The Kier molecular flexibility index (Phi) is 5.46. The molecule has 0 fully saturated rings. The summed E-state index contributed by atoms with van der Waals surface area (Å²) < 4.78 is 26.9. The van der Waals surface area contributed by atoms with Crippen LogP contribution >= 0.6 is 11.3 Å². The number of hydrogen-bond donors (Lipinski definition) is 2. The molecule has 2 rings (SSSR count). The lowest BCUT2D eigenvalue weighted by Gasteiger charge is -2.24. The van der Waals surface area contributed by atoms with Gasteiger partial charge in [0.05, 0.1) is 6.04 Å². The number of nitrogens with one attached hydrogen (secondary N) is 2. The van der Waals surface area contributed by atoms with Crippen LogP contribution in [-0.4, -0.2) is 31.6 Å². The number of amides is 2. The zero-order chi connectivity index (χ0) is 16.1. The number of carbonyl (C=O) groups is 1. The van der Waals surface area contributed by atoms with Gasteiger partial charge in [0.25, 0.3) is 0 Å². The third-order valence-electron chi connectivity index (χ3n) is 3.21. The number of halogens is 2. The summed E-state index contributed by atoms with van der Waals surface area (Å²) in [5.41, 5.74) is 0.629. The maximum Gasteiger partial charge on any atom is 0.319 e. The van der Waals surface area contributed by atoms with Crippen LogP contribution in [0.5, 0.6) is 0 Å². The van der Waals surface area contributed by atoms with Crippen LogP contribution in [0.15, 0.2) is 35.0 Å². The van der Waals surface area contributed by atoms with E-state index in [1.54, 1.807) is 11.3 Å². The first-order valence-electron chi connectivity index (χ1n) is 6.66. The van der Waals surface area contributed by atoms with Crippen LogP contribution in [0.1, 0.15) is 11.6 Å². The molecule has 0 saturated carbocycles. The predicted octanol–water partition coefficient (Wildman–Crippen LogP) is 3.45. The number of carbonyl (C=O) groups excluding carboxylic acids is 1. The van der Waals surface area contributed by atoms with Gasteiger partial charge in [-0.1, -0.05) is 6.07 Å². The highest BCUT2D eigenvalue weighted by Crippen LogP contribution is 2.20. The van der Waals surface area contributed by atoms with Crippen LogP contribution in [-0.2, 0) is 0 Å². The number of hydrogen-bond acceptors (Lipinski definition) is 3. The summed E-state index contributed by atoms with van der Waals surface area (Å²) in [6.07, 6.45) is 0. The summed E-state index contributed by atoms with van der Waals surface area (Å²) in [4.78, 5) is 13.8. The van der Waals surface area contributed by atoms with E-state index in [0.29, 0.717) is 6.54 Å². The Morgan fingerprint density at radius 2 is 1.95 bits per heavy atom. The Morgan fingerprint density at radius 3 is 2.50 bits per heavy atom. The van der Waals surface area contributed by atoms with Crippen molar-refractivity contribution in [2.24, 2.45) is 0 Å². The lowest BCUT2D eigenvalue weighted by atomic mass is 10.1. The summed E-state index contributed by atoms with van der Waals surface area (Å²) in [7, 11) is 3.80. The van der Waals surface area contributed by atoms with Gasteiger partial charge in [-0.15, -0.1) is 0 Å². The monoisotopic (exact) mass is 325 g/mol. The fourth-order valence-corrected chi connectivity index (χ4v) is 2.73. The van der Waals surface area contributed by atoms with Crippen LogP contribution in [0.4, 0.5) is 19.3 Å². The van der Waals surface area contributed by atoms with E-state index >= 15 is 0 Å². The molecule has 0 saturated heterocycles. The van der Waals surface area contributed by atoms with E-state index in [9.17, 15) is 13.6 Å². The first-order valence-corrected chi connectivity index (χ1v) is 7.60.